The van der Waals surface area contributed by atoms with Crippen LogP contribution in [-0.4, -0.2) is 20.9 Å². The van der Waals surface area contributed by atoms with Gasteiger partial charge in [0, 0.05) is 6.20 Å². The van der Waals surface area contributed by atoms with Gasteiger partial charge in [-0.05, 0) is 24.3 Å². The molecule has 1 aromatic heterocycles. The molecule has 0 unspecified atom stereocenters. The van der Waals surface area contributed by atoms with Crippen LogP contribution in [-0.2, 0) is 6.18 Å². The van der Waals surface area contributed by atoms with E-state index in [-0.39, 0.29) is 11.4 Å². The van der Waals surface area contributed by atoms with Gasteiger partial charge in [-0.3, -0.25) is 0 Å². The molecule has 0 saturated carbocycles. The van der Waals surface area contributed by atoms with Crippen molar-refractivity contribution in [1.29, 1.82) is 0 Å². The van der Waals surface area contributed by atoms with E-state index in [0.29, 0.717) is 12.1 Å². The summed E-state index contributed by atoms with van der Waals surface area (Å²) in [6, 6.07) is 3.41. The first-order valence-electron chi connectivity index (χ1n) is 4.95. The van der Waals surface area contributed by atoms with Crippen molar-refractivity contribution in [3.8, 4) is 5.69 Å². The van der Waals surface area contributed by atoms with Crippen molar-refractivity contribution in [1.82, 2.24) is 9.78 Å². The Balaban J connectivity index is 2.48. The number of aromatic nitrogens is 2. The molecular formula is C11H6F4N2O2. The highest BCUT2D eigenvalue weighted by atomic mass is 19.4. The van der Waals surface area contributed by atoms with Gasteiger partial charge in [-0.1, -0.05) is 0 Å². The number of halogens is 4. The maximum atomic E-state index is 13.1. The van der Waals surface area contributed by atoms with Crippen LogP contribution >= 0.6 is 0 Å². The van der Waals surface area contributed by atoms with E-state index in [1.807, 2.05) is 0 Å². The molecule has 4 nitrogen and oxygen atoms in total. The second-order valence-electron chi connectivity index (χ2n) is 3.61. The molecule has 0 bridgehead atoms. The number of benzene rings is 1. The number of nitrogens with zero attached hydrogens (tertiary/aromatic N) is 2. The lowest BCUT2D eigenvalue weighted by Crippen LogP contribution is -2.10. The predicted octanol–water partition coefficient (Wildman–Crippen LogP) is 2.73. The Labute approximate surface area is 103 Å². The van der Waals surface area contributed by atoms with Crippen LogP contribution in [0, 0.1) is 5.82 Å². The summed E-state index contributed by atoms with van der Waals surface area (Å²) < 4.78 is 51.5. The highest BCUT2D eigenvalue weighted by Crippen LogP contribution is 2.32. The topological polar surface area (TPSA) is 55.1 Å². The smallest absolute Gasteiger partial charge is 0.419 e. The Hall–Kier alpha value is -2.38. The monoisotopic (exact) mass is 274 g/mol. The van der Waals surface area contributed by atoms with Gasteiger partial charge in [0.15, 0.2) is 5.69 Å². The molecule has 1 N–H and O–H groups in total. The van der Waals surface area contributed by atoms with Crippen molar-refractivity contribution >= 4 is 5.97 Å². The van der Waals surface area contributed by atoms with E-state index in [9.17, 15) is 22.4 Å². The van der Waals surface area contributed by atoms with E-state index >= 15 is 0 Å². The lowest BCUT2D eigenvalue weighted by atomic mass is 10.2. The van der Waals surface area contributed by atoms with Crippen LogP contribution in [0.2, 0.25) is 0 Å². The molecule has 0 aliphatic rings. The molecule has 2 aromatic rings. The maximum absolute atomic E-state index is 13.1. The lowest BCUT2D eigenvalue weighted by molar-refractivity contribution is -0.140. The largest absolute Gasteiger partial charge is 0.476 e. The molecular weight excluding hydrogens is 268 g/mol. The molecule has 0 aliphatic carbocycles. The molecule has 0 fully saturated rings. The summed E-state index contributed by atoms with van der Waals surface area (Å²) in [5.74, 6) is -2.71. The van der Waals surface area contributed by atoms with E-state index in [4.69, 9.17) is 5.11 Å². The molecule has 0 saturated heterocycles. The minimum Gasteiger partial charge on any atom is -0.476 e. The van der Waals surface area contributed by atoms with Crippen LogP contribution in [0.3, 0.4) is 0 Å². The molecule has 1 heterocycles. The third-order valence-electron chi connectivity index (χ3n) is 2.33. The third-order valence-corrected chi connectivity index (χ3v) is 2.33. The fourth-order valence-corrected chi connectivity index (χ4v) is 1.45. The van der Waals surface area contributed by atoms with E-state index in [1.54, 1.807) is 0 Å². The summed E-state index contributed by atoms with van der Waals surface area (Å²) >= 11 is 0. The maximum Gasteiger partial charge on any atom is 0.419 e. The number of rotatable bonds is 2. The first kappa shape index (κ1) is 13.1. The molecule has 1 aromatic carbocycles. The average Bonchev–Trinajstić information content (AvgIpc) is 2.77. The first-order chi connectivity index (χ1) is 8.79. The van der Waals surface area contributed by atoms with Gasteiger partial charge in [0.2, 0.25) is 0 Å². The van der Waals surface area contributed by atoms with E-state index in [0.717, 1.165) is 16.8 Å². The number of carbonyl (C=O) groups is 1. The van der Waals surface area contributed by atoms with Crippen LogP contribution in [0.1, 0.15) is 16.1 Å². The van der Waals surface area contributed by atoms with Crippen molar-refractivity contribution in [2.24, 2.45) is 0 Å². The van der Waals surface area contributed by atoms with Crippen LogP contribution < -0.4 is 0 Å². The number of hydrogen-bond donors (Lipinski definition) is 1. The molecule has 8 heteroatoms. The Morgan fingerprint density at radius 3 is 2.47 bits per heavy atom. The van der Waals surface area contributed by atoms with Crippen LogP contribution in [0.5, 0.6) is 0 Å². The summed E-state index contributed by atoms with van der Waals surface area (Å²) in [5, 5.41) is 12.2. The Morgan fingerprint density at radius 1 is 1.26 bits per heavy atom. The van der Waals surface area contributed by atoms with E-state index < -0.39 is 23.5 Å². The Kier molecular flexibility index (Phi) is 3.01. The summed E-state index contributed by atoms with van der Waals surface area (Å²) in [6.07, 6.45) is -3.65. The zero-order valence-corrected chi connectivity index (χ0v) is 9.15. The number of hydrogen-bond acceptors (Lipinski definition) is 2. The molecule has 100 valence electrons. The number of carboxylic acids is 1. The second-order valence-corrected chi connectivity index (χ2v) is 3.61. The minimum atomic E-state index is -4.83. The number of aromatic carboxylic acids is 1. The van der Waals surface area contributed by atoms with Gasteiger partial charge in [-0.2, -0.15) is 18.3 Å². The molecule has 0 radical (unpaired) electrons. The number of alkyl halides is 3. The molecule has 0 aliphatic heterocycles. The molecule has 2 rings (SSSR count). The summed E-state index contributed by atoms with van der Waals surface area (Å²) in [5.41, 5.74) is -1.84. The summed E-state index contributed by atoms with van der Waals surface area (Å²) in [7, 11) is 0. The minimum absolute atomic E-state index is 0.0822. The van der Waals surface area contributed by atoms with Crippen molar-refractivity contribution in [2.45, 2.75) is 6.18 Å². The first-order valence-corrected chi connectivity index (χ1v) is 4.95. The van der Waals surface area contributed by atoms with Gasteiger partial charge in [0.25, 0.3) is 0 Å². The van der Waals surface area contributed by atoms with Crippen LogP contribution in [0.25, 0.3) is 5.69 Å². The predicted molar refractivity (Wildman–Crippen MR) is 55.5 cm³/mol. The van der Waals surface area contributed by atoms with E-state index in [1.165, 1.54) is 6.20 Å². The highest BCUT2D eigenvalue weighted by molar-refractivity contribution is 5.85. The van der Waals surface area contributed by atoms with Crippen LogP contribution in [0.15, 0.2) is 30.5 Å². The molecule has 0 amide bonds. The fraction of sp³-hybridized carbons (Fsp3) is 0.0909. The van der Waals surface area contributed by atoms with Crippen molar-refractivity contribution in [2.75, 3.05) is 0 Å². The normalized spacial score (nSPS) is 11.6. The Morgan fingerprint density at radius 2 is 1.95 bits per heavy atom. The van der Waals surface area contributed by atoms with Gasteiger partial charge < -0.3 is 5.11 Å². The Bertz CT molecular complexity index is 634. The zero-order chi connectivity index (χ0) is 14.2. The fourth-order valence-electron chi connectivity index (χ4n) is 1.45. The molecule has 0 atom stereocenters. The standard InChI is InChI=1S/C11H6F4N2O2/c12-8-2-1-6(5-7(8)11(13,14)15)17-4-3-9(16-17)10(18)19/h1-5H,(H,18,19). The lowest BCUT2D eigenvalue weighted by Gasteiger charge is -2.09. The molecule has 19 heavy (non-hydrogen) atoms. The SMILES string of the molecule is O=C(O)c1ccn(-c2ccc(F)c(C(F)(F)F)c2)n1. The van der Waals surface area contributed by atoms with Gasteiger partial charge in [0.05, 0.1) is 11.3 Å². The van der Waals surface area contributed by atoms with Gasteiger partial charge in [-0.25, -0.2) is 13.9 Å². The van der Waals surface area contributed by atoms with Crippen molar-refractivity contribution in [3.63, 3.8) is 0 Å². The van der Waals surface area contributed by atoms with Gasteiger partial charge >= 0.3 is 12.1 Å². The average molecular weight is 274 g/mol. The van der Waals surface area contributed by atoms with Gasteiger partial charge in [0.1, 0.15) is 5.82 Å². The summed E-state index contributed by atoms with van der Waals surface area (Å²) in [6.45, 7) is 0. The highest BCUT2D eigenvalue weighted by Gasteiger charge is 2.34. The van der Waals surface area contributed by atoms with E-state index in [2.05, 4.69) is 5.10 Å². The zero-order valence-electron chi connectivity index (χ0n) is 9.15. The second kappa shape index (κ2) is 4.38. The quantitative estimate of drug-likeness (QED) is 0.857. The van der Waals surface area contributed by atoms with Crippen molar-refractivity contribution < 1.29 is 27.5 Å². The summed E-state index contributed by atoms with van der Waals surface area (Å²) in [4.78, 5) is 10.6. The van der Waals surface area contributed by atoms with Gasteiger partial charge in [-0.15, -0.1) is 0 Å². The number of carboxylic acid groups (broad SMARTS) is 1. The third kappa shape index (κ3) is 2.56. The van der Waals surface area contributed by atoms with Crippen molar-refractivity contribution in [3.05, 3.63) is 47.5 Å². The van der Waals surface area contributed by atoms with Crippen LogP contribution in [0.4, 0.5) is 17.6 Å². The molecule has 0 spiro atoms.